The molecular formula is C16H17N3O6. The fraction of sp³-hybridized carbons (Fsp3) is 0.250. The molecule has 132 valence electrons. The quantitative estimate of drug-likeness (QED) is 0.548. The number of H-pyrrole nitrogens is 1. The van der Waals surface area contributed by atoms with Crippen molar-refractivity contribution in [1.29, 1.82) is 0 Å². The molecule has 0 fully saturated rings. The molecule has 0 saturated carbocycles. The van der Waals surface area contributed by atoms with Crippen molar-refractivity contribution < 1.29 is 19.1 Å². The van der Waals surface area contributed by atoms with Gasteiger partial charge in [-0.1, -0.05) is 12.1 Å². The van der Waals surface area contributed by atoms with Crippen LogP contribution >= 0.6 is 0 Å². The van der Waals surface area contributed by atoms with Gasteiger partial charge < -0.3 is 15.2 Å². The molecule has 0 aliphatic heterocycles. The number of carbonyl (C=O) groups excluding carboxylic acids is 2. The van der Waals surface area contributed by atoms with Crippen LogP contribution in [0, 0.1) is 0 Å². The maximum absolute atomic E-state index is 12.1. The Morgan fingerprint density at radius 1 is 1.28 bits per heavy atom. The number of nitrogen functional groups attached to an aromatic ring is 1. The Hall–Kier alpha value is -3.20. The third-order valence-electron chi connectivity index (χ3n) is 3.46. The molecule has 1 aromatic carbocycles. The van der Waals surface area contributed by atoms with E-state index in [1.807, 2.05) is 4.98 Å². The van der Waals surface area contributed by atoms with Crippen LogP contribution in [0.4, 0.5) is 5.82 Å². The minimum Gasteiger partial charge on any atom is -0.454 e. The third kappa shape index (κ3) is 4.01. The van der Waals surface area contributed by atoms with Gasteiger partial charge in [0, 0.05) is 14.2 Å². The number of rotatable bonds is 6. The summed E-state index contributed by atoms with van der Waals surface area (Å²) >= 11 is 0. The highest BCUT2D eigenvalue weighted by molar-refractivity contribution is 6.02. The summed E-state index contributed by atoms with van der Waals surface area (Å²) in [6.07, 6.45) is 0. The highest BCUT2D eigenvalue weighted by atomic mass is 16.5. The summed E-state index contributed by atoms with van der Waals surface area (Å²) in [6.45, 7) is -0.358. The lowest BCUT2D eigenvalue weighted by atomic mass is 10.1. The molecule has 2 rings (SSSR count). The molecule has 0 bridgehead atoms. The van der Waals surface area contributed by atoms with Gasteiger partial charge in [-0.2, -0.15) is 0 Å². The van der Waals surface area contributed by atoms with Gasteiger partial charge in [-0.25, -0.2) is 9.59 Å². The Labute approximate surface area is 142 Å². The zero-order valence-electron chi connectivity index (χ0n) is 13.7. The zero-order valence-corrected chi connectivity index (χ0v) is 13.7. The van der Waals surface area contributed by atoms with Crippen molar-refractivity contribution in [2.45, 2.75) is 6.61 Å². The highest BCUT2D eigenvalue weighted by Gasteiger charge is 2.20. The van der Waals surface area contributed by atoms with E-state index >= 15 is 0 Å². The summed E-state index contributed by atoms with van der Waals surface area (Å²) in [7, 11) is 2.83. The number of methoxy groups -OCH3 is 1. The Bertz CT molecular complexity index is 928. The first kappa shape index (κ1) is 18.1. The standard InChI is InChI=1S/C16H17N3O6/c1-19-13(17)12(14(21)18-16(19)23)11(20)8-25-15(22)10-5-3-4-9(6-10)7-24-2/h3-6H,7-8,17H2,1-2H3,(H,18,21,23). The molecule has 0 radical (unpaired) electrons. The van der Waals surface area contributed by atoms with Crippen molar-refractivity contribution in [3.63, 3.8) is 0 Å². The van der Waals surface area contributed by atoms with E-state index in [0.717, 1.165) is 10.1 Å². The van der Waals surface area contributed by atoms with E-state index in [0.29, 0.717) is 6.61 Å². The number of Topliss-reactive ketones (excluding diaryl/α,β-unsaturated/α-hetero) is 1. The number of aromatic amines is 1. The molecule has 25 heavy (non-hydrogen) atoms. The molecule has 0 unspecified atom stereocenters. The number of esters is 1. The predicted molar refractivity (Wildman–Crippen MR) is 88.5 cm³/mol. The number of anilines is 1. The summed E-state index contributed by atoms with van der Waals surface area (Å²) < 4.78 is 10.8. The van der Waals surface area contributed by atoms with Gasteiger partial charge in [0.25, 0.3) is 5.56 Å². The van der Waals surface area contributed by atoms with Crippen molar-refractivity contribution in [3.8, 4) is 0 Å². The monoisotopic (exact) mass is 347 g/mol. The van der Waals surface area contributed by atoms with Crippen LogP contribution in [0.3, 0.4) is 0 Å². The zero-order chi connectivity index (χ0) is 18.6. The highest BCUT2D eigenvalue weighted by Crippen LogP contribution is 2.09. The van der Waals surface area contributed by atoms with Gasteiger partial charge in [-0.15, -0.1) is 0 Å². The Kier molecular flexibility index (Phi) is 5.50. The topological polar surface area (TPSA) is 133 Å². The molecule has 0 atom stereocenters. The SMILES string of the molecule is COCc1cccc(C(=O)OCC(=O)c2c(N)n(C)c(=O)[nH]c2=O)c1. The summed E-state index contributed by atoms with van der Waals surface area (Å²) in [5.41, 5.74) is 4.53. The van der Waals surface area contributed by atoms with Crippen molar-refractivity contribution >= 4 is 17.6 Å². The van der Waals surface area contributed by atoms with Crippen LogP contribution < -0.4 is 17.0 Å². The van der Waals surface area contributed by atoms with E-state index < -0.39 is 35.2 Å². The molecule has 9 heteroatoms. The van der Waals surface area contributed by atoms with E-state index in [9.17, 15) is 19.2 Å². The molecule has 0 spiro atoms. The van der Waals surface area contributed by atoms with Crippen LogP contribution in [-0.2, 0) is 23.1 Å². The van der Waals surface area contributed by atoms with Gasteiger partial charge >= 0.3 is 11.7 Å². The van der Waals surface area contributed by atoms with E-state index in [1.165, 1.54) is 20.2 Å². The van der Waals surface area contributed by atoms with Crippen molar-refractivity contribution in [2.75, 3.05) is 19.5 Å². The molecule has 1 heterocycles. The lowest BCUT2D eigenvalue weighted by Crippen LogP contribution is -2.35. The second-order valence-corrected chi connectivity index (χ2v) is 5.21. The summed E-state index contributed by atoms with van der Waals surface area (Å²) in [4.78, 5) is 49.3. The maximum Gasteiger partial charge on any atom is 0.338 e. The molecule has 0 amide bonds. The van der Waals surface area contributed by atoms with Crippen LogP contribution in [0.2, 0.25) is 0 Å². The Morgan fingerprint density at radius 2 is 2.00 bits per heavy atom. The molecule has 2 aromatic rings. The second kappa shape index (κ2) is 7.58. The van der Waals surface area contributed by atoms with Crippen molar-refractivity contribution in [1.82, 2.24) is 9.55 Å². The number of ether oxygens (including phenoxy) is 2. The van der Waals surface area contributed by atoms with E-state index in [1.54, 1.807) is 18.2 Å². The number of nitrogens with zero attached hydrogens (tertiary/aromatic N) is 1. The first-order valence-corrected chi connectivity index (χ1v) is 7.22. The average molecular weight is 347 g/mol. The normalized spacial score (nSPS) is 10.5. The van der Waals surface area contributed by atoms with E-state index in [-0.39, 0.29) is 11.4 Å². The minimum absolute atomic E-state index is 0.240. The lowest BCUT2D eigenvalue weighted by molar-refractivity contribution is 0.0474. The van der Waals surface area contributed by atoms with Crippen molar-refractivity contribution in [3.05, 3.63) is 61.8 Å². The molecule has 1 aromatic heterocycles. The van der Waals surface area contributed by atoms with Gasteiger partial charge in [0.05, 0.1) is 12.2 Å². The molecule has 0 saturated heterocycles. The molecule has 9 nitrogen and oxygen atoms in total. The number of aromatic nitrogens is 2. The number of carbonyl (C=O) groups is 2. The number of benzene rings is 1. The molecule has 0 aliphatic carbocycles. The van der Waals surface area contributed by atoms with Crippen LogP contribution in [0.1, 0.15) is 26.3 Å². The first-order valence-electron chi connectivity index (χ1n) is 7.22. The van der Waals surface area contributed by atoms with Gasteiger partial charge in [-0.05, 0) is 17.7 Å². The van der Waals surface area contributed by atoms with Gasteiger partial charge in [0.2, 0.25) is 5.78 Å². The number of hydrogen-bond acceptors (Lipinski definition) is 7. The fourth-order valence-corrected chi connectivity index (χ4v) is 2.15. The van der Waals surface area contributed by atoms with Gasteiger partial charge in [0.15, 0.2) is 6.61 Å². The van der Waals surface area contributed by atoms with Crippen LogP contribution in [-0.4, -0.2) is 35.0 Å². The number of hydrogen-bond donors (Lipinski definition) is 2. The number of nitrogens with two attached hydrogens (primary N) is 1. The minimum atomic E-state index is -0.927. The summed E-state index contributed by atoms with van der Waals surface area (Å²) in [6, 6.07) is 6.53. The van der Waals surface area contributed by atoms with Crippen molar-refractivity contribution in [2.24, 2.45) is 7.05 Å². The largest absolute Gasteiger partial charge is 0.454 e. The third-order valence-corrected chi connectivity index (χ3v) is 3.46. The molecular weight excluding hydrogens is 330 g/mol. The van der Waals surface area contributed by atoms with E-state index in [2.05, 4.69) is 0 Å². The summed E-state index contributed by atoms with van der Waals surface area (Å²) in [5, 5.41) is 0. The van der Waals surface area contributed by atoms with Gasteiger partial charge in [-0.3, -0.25) is 19.1 Å². The second-order valence-electron chi connectivity index (χ2n) is 5.21. The van der Waals surface area contributed by atoms with Crippen LogP contribution in [0.15, 0.2) is 33.9 Å². The fourth-order valence-electron chi connectivity index (χ4n) is 2.15. The molecule has 3 N–H and O–H groups in total. The number of nitrogens with one attached hydrogen (secondary N) is 1. The molecule has 0 aliphatic rings. The summed E-state index contributed by atoms with van der Waals surface area (Å²) in [5.74, 6) is -1.83. The first-order chi connectivity index (χ1) is 11.8. The maximum atomic E-state index is 12.1. The Balaban J connectivity index is 2.14. The van der Waals surface area contributed by atoms with Gasteiger partial charge in [0.1, 0.15) is 11.4 Å². The number of ketones is 1. The van der Waals surface area contributed by atoms with E-state index in [4.69, 9.17) is 15.2 Å². The Morgan fingerprint density at radius 3 is 2.68 bits per heavy atom. The predicted octanol–water partition coefficient (Wildman–Crippen LogP) is -0.158. The smallest absolute Gasteiger partial charge is 0.338 e. The van der Waals surface area contributed by atoms with Crippen LogP contribution in [0.5, 0.6) is 0 Å². The average Bonchev–Trinajstić information content (AvgIpc) is 2.58. The lowest BCUT2D eigenvalue weighted by Gasteiger charge is -2.09. The van der Waals surface area contributed by atoms with Crippen LogP contribution in [0.25, 0.3) is 0 Å².